The third-order valence-electron chi connectivity index (χ3n) is 10.5. The molecule has 0 aliphatic heterocycles. The quantitative estimate of drug-likeness (QED) is 0.156. The number of benzene rings is 8. The standard InChI is InChI=1S/C52H45N/c1-51(2)34-35-52(3,4)50-46(51)33-32-41(36-18-8-5-9-19-36)49(50)48-44-26-16-14-24-42(44)47(43-25-15-17-27-45(43)48)37-28-30-40(31-29-37)53(38-20-10-6-11-21-38)39-22-12-7-13-23-39/h5-33H,34-35H2,1-4H3/i6D,7D,10D,11D,12D,13D,14D,15D,16D,17D,20D,21D,22D,23D,24D,25D,26D,27D. The van der Waals surface area contributed by atoms with Crippen molar-refractivity contribution in [2.75, 3.05) is 4.90 Å². The van der Waals surface area contributed by atoms with Crippen LogP contribution in [0.4, 0.5) is 17.1 Å². The van der Waals surface area contributed by atoms with Crippen molar-refractivity contribution >= 4 is 38.6 Å². The van der Waals surface area contributed by atoms with Crippen LogP contribution in [-0.4, -0.2) is 0 Å². The molecule has 1 aliphatic rings. The second-order valence-corrected chi connectivity index (χ2v) is 14.6. The molecule has 0 fully saturated rings. The first kappa shape index (κ1) is 18.7. The van der Waals surface area contributed by atoms with Gasteiger partial charge in [0.15, 0.2) is 0 Å². The predicted octanol–water partition coefficient (Wildman–Crippen LogP) is 14.8. The third-order valence-corrected chi connectivity index (χ3v) is 10.5. The van der Waals surface area contributed by atoms with Crippen molar-refractivity contribution in [3.63, 3.8) is 0 Å². The average molecular weight is 702 g/mol. The van der Waals surface area contributed by atoms with Gasteiger partial charge in [-0.05, 0) is 126 Å². The Morgan fingerprint density at radius 2 is 0.925 bits per heavy atom. The predicted molar refractivity (Wildman–Crippen MR) is 228 cm³/mol. The summed E-state index contributed by atoms with van der Waals surface area (Å²) in [7, 11) is 0. The van der Waals surface area contributed by atoms with Gasteiger partial charge in [0.25, 0.3) is 0 Å². The van der Waals surface area contributed by atoms with Crippen LogP contribution in [0.25, 0.3) is 54.9 Å². The summed E-state index contributed by atoms with van der Waals surface area (Å²) in [6.07, 6.45) is 1.56. The van der Waals surface area contributed by atoms with Crippen molar-refractivity contribution in [1.29, 1.82) is 0 Å². The lowest BCUT2D eigenvalue weighted by atomic mass is 9.60. The Morgan fingerprint density at radius 1 is 0.434 bits per heavy atom. The molecule has 0 heterocycles. The van der Waals surface area contributed by atoms with Gasteiger partial charge in [0.2, 0.25) is 0 Å². The van der Waals surface area contributed by atoms with Gasteiger partial charge < -0.3 is 4.90 Å². The van der Waals surface area contributed by atoms with Crippen molar-refractivity contribution in [2.45, 2.75) is 51.4 Å². The number of fused-ring (bicyclic) bond motifs is 3. The minimum atomic E-state index is -0.752. The summed E-state index contributed by atoms with van der Waals surface area (Å²) in [4.78, 5) is 0.981. The number of hydrogen-bond acceptors (Lipinski definition) is 1. The van der Waals surface area contributed by atoms with E-state index in [1.165, 1.54) is 24.3 Å². The summed E-state index contributed by atoms with van der Waals surface area (Å²) in [6, 6.07) is 7.62. The van der Waals surface area contributed by atoms with Crippen LogP contribution in [-0.2, 0) is 10.8 Å². The highest BCUT2D eigenvalue weighted by Crippen LogP contribution is 2.55. The van der Waals surface area contributed by atoms with E-state index in [0.717, 1.165) is 34.4 Å². The first-order chi connectivity index (χ1) is 33.3. The average Bonchev–Trinajstić information content (AvgIpc) is 3.36. The van der Waals surface area contributed by atoms with Gasteiger partial charge in [-0.3, -0.25) is 0 Å². The van der Waals surface area contributed by atoms with Crippen molar-refractivity contribution in [2.24, 2.45) is 0 Å². The van der Waals surface area contributed by atoms with Crippen LogP contribution in [0.5, 0.6) is 0 Å². The van der Waals surface area contributed by atoms with Crippen LogP contribution in [0.15, 0.2) is 175 Å². The molecule has 0 spiro atoms. The molecule has 8 aromatic carbocycles. The van der Waals surface area contributed by atoms with Crippen LogP contribution in [0.1, 0.15) is 76.3 Å². The van der Waals surface area contributed by atoms with Gasteiger partial charge in [-0.25, -0.2) is 0 Å². The van der Waals surface area contributed by atoms with Gasteiger partial charge in [0, 0.05) is 17.1 Å². The normalized spacial score (nSPS) is 19.3. The highest BCUT2D eigenvalue weighted by atomic mass is 15.1. The molecular weight excluding hydrogens is 639 g/mol. The molecule has 8 aromatic rings. The first-order valence-electron chi connectivity index (χ1n) is 26.5. The lowest BCUT2D eigenvalue weighted by Gasteiger charge is -2.44. The second-order valence-electron chi connectivity index (χ2n) is 14.6. The summed E-state index contributed by atoms with van der Waals surface area (Å²) in [5.74, 6) is 0. The van der Waals surface area contributed by atoms with E-state index < -0.39 is 126 Å². The minimum absolute atomic E-state index is 0.0113. The van der Waals surface area contributed by atoms with Gasteiger partial charge in [0.1, 0.15) is 0 Å². The molecule has 1 nitrogen and oxygen atoms in total. The van der Waals surface area contributed by atoms with Gasteiger partial charge in [-0.1, -0.05) is 167 Å². The second kappa shape index (κ2) is 12.9. The maximum Gasteiger partial charge on any atom is 0.0645 e. The molecular formula is C52H45N. The first-order valence-corrected chi connectivity index (χ1v) is 17.5. The van der Waals surface area contributed by atoms with Crippen molar-refractivity contribution in [1.82, 2.24) is 0 Å². The van der Waals surface area contributed by atoms with E-state index in [2.05, 4.69) is 33.8 Å². The molecule has 258 valence electrons. The third kappa shape index (κ3) is 5.63. The molecule has 9 rings (SSSR count). The molecule has 1 heteroatoms. The zero-order valence-electron chi connectivity index (χ0n) is 47.7. The van der Waals surface area contributed by atoms with Crippen LogP contribution >= 0.6 is 0 Å². The van der Waals surface area contributed by atoms with Crippen LogP contribution in [0.3, 0.4) is 0 Å². The Labute approximate surface area is 339 Å². The van der Waals surface area contributed by atoms with E-state index in [1.54, 1.807) is 0 Å². The molecule has 1 aliphatic carbocycles. The van der Waals surface area contributed by atoms with Gasteiger partial charge in [-0.2, -0.15) is 0 Å². The van der Waals surface area contributed by atoms with E-state index in [0.29, 0.717) is 11.1 Å². The highest BCUT2D eigenvalue weighted by Gasteiger charge is 2.40. The van der Waals surface area contributed by atoms with Gasteiger partial charge in [-0.15, -0.1) is 0 Å². The topological polar surface area (TPSA) is 3.24 Å². The molecule has 0 amide bonds. The largest absolute Gasteiger partial charge is 0.311 e. The van der Waals surface area contributed by atoms with E-state index in [4.69, 9.17) is 19.2 Å². The SMILES string of the molecule is [2H]c1c([2H])c([2H])c(N(c2ccc(-c3c4c([2H])c([2H])c([2H])c([2H])c4c(-c4c(-c5ccccc5)ccc5c4C(C)(C)CCC5(C)C)c4c([2H])c([2H])c([2H])c([2H])c34)cc2)c2c([2H])c([2H])c([2H])c([2H])c2[2H])c([2H])c1[2H]. The van der Waals surface area contributed by atoms with Crippen LogP contribution < -0.4 is 4.90 Å². The summed E-state index contributed by atoms with van der Waals surface area (Å²) in [5.41, 5.74) is 2.31. The maximum absolute atomic E-state index is 9.77. The Balaban J connectivity index is 1.48. The van der Waals surface area contributed by atoms with Gasteiger partial charge >= 0.3 is 0 Å². The fourth-order valence-electron chi connectivity index (χ4n) is 7.89. The molecule has 0 radical (unpaired) electrons. The molecule has 0 saturated heterocycles. The van der Waals surface area contributed by atoms with E-state index in [9.17, 15) is 5.48 Å². The molecule has 0 aromatic heterocycles. The number of anilines is 3. The van der Waals surface area contributed by atoms with E-state index in [-0.39, 0.29) is 49.3 Å². The Bertz CT molecular complexity index is 3420. The Hall–Kier alpha value is -5.92. The zero-order chi connectivity index (χ0) is 51.8. The molecule has 53 heavy (non-hydrogen) atoms. The van der Waals surface area contributed by atoms with E-state index >= 15 is 0 Å². The minimum Gasteiger partial charge on any atom is -0.311 e. The molecule has 0 bridgehead atoms. The van der Waals surface area contributed by atoms with Gasteiger partial charge in [0.05, 0.1) is 24.7 Å². The lowest BCUT2D eigenvalue weighted by Crippen LogP contribution is -2.34. The number of nitrogens with zero attached hydrogens (tertiary/aromatic N) is 1. The molecule has 0 N–H and O–H groups in total. The Kier molecular flexibility index (Phi) is 4.57. The summed E-state index contributed by atoms with van der Waals surface area (Å²) in [5, 5.41) is -0.0720. The fourth-order valence-corrected chi connectivity index (χ4v) is 7.89. The van der Waals surface area contributed by atoms with Crippen molar-refractivity contribution in [3.8, 4) is 33.4 Å². The monoisotopic (exact) mass is 701 g/mol. The summed E-state index contributed by atoms with van der Waals surface area (Å²) < 4.78 is 162. The van der Waals surface area contributed by atoms with E-state index in [1.807, 2.05) is 36.4 Å². The van der Waals surface area contributed by atoms with Crippen LogP contribution in [0.2, 0.25) is 0 Å². The fraction of sp³-hybridized carbons (Fsp3) is 0.154. The molecule has 0 saturated carbocycles. The van der Waals surface area contributed by atoms with Crippen molar-refractivity contribution < 1.29 is 24.7 Å². The lowest BCUT2D eigenvalue weighted by molar-refractivity contribution is 0.333. The number of hydrogen-bond donors (Lipinski definition) is 0. The van der Waals surface area contributed by atoms with Crippen molar-refractivity contribution in [3.05, 3.63) is 187 Å². The zero-order valence-corrected chi connectivity index (χ0v) is 29.7. The maximum atomic E-state index is 9.77. The van der Waals surface area contributed by atoms with Crippen LogP contribution in [0, 0.1) is 0 Å². The highest BCUT2D eigenvalue weighted by molar-refractivity contribution is 6.23. The summed E-state index contributed by atoms with van der Waals surface area (Å²) in [6.45, 7) is 8.51. The molecule has 0 atom stereocenters. The summed E-state index contributed by atoms with van der Waals surface area (Å²) >= 11 is 0. The number of para-hydroxylation sites is 2. The smallest absolute Gasteiger partial charge is 0.0645 e. The Morgan fingerprint density at radius 3 is 1.47 bits per heavy atom. The number of rotatable bonds is 6. The molecule has 0 unspecified atom stereocenters.